The Morgan fingerprint density at radius 3 is 2.67 bits per heavy atom. The summed E-state index contributed by atoms with van der Waals surface area (Å²) in [6.45, 7) is 4.53. The van der Waals surface area contributed by atoms with Gasteiger partial charge in [0.05, 0.1) is 12.7 Å². The maximum atomic E-state index is 8.61. The lowest BCUT2D eigenvalue weighted by molar-refractivity contribution is 0.0507. The molecule has 0 saturated heterocycles. The van der Waals surface area contributed by atoms with Gasteiger partial charge < -0.3 is 9.84 Å². The quantitative estimate of drug-likeness (QED) is 0.574. The molecule has 1 N–H and O–H groups in total. The fourth-order valence-corrected chi connectivity index (χ4v) is 0.598. The van der Waals surface area contributed by atoms with Crippen molar-refractivity contribution < 1.29 is 9.84 Å². The molecule has 0 fully saturated rings. The lowest BCUT2D eigenvalue weighted by Crippen LogP contribution is -2.13. The minimum absolute atomic E-state index is 0.0676. The summed E-state index contributed by atoms with van der Waals surface area (Å²) >= 11 is 0. The first-order valence-corrected chi connectivity index (χ1v) is 3.20. The molecule has 0 heterocycles. The van der Waals surface area contributed by atoms with E-state index in [1.54, 1.807) is 0 Å². The fourth-order valence-electron chi connectivity index (χ4n) is 0.598. The van der Waals surface area contributed by atoms with Gasteiger partial charge in [-0.25, -0.2) is 0 Å². The van der Waals surface area contributed by atoms with Crippen molar-refractivity contribution in [1.29, 1.82) is 0 Å². The van der Waals surface area contributed by atoms with Crippen LogP contribution >= 0.6 is 0 Å². The zero-order valence-corrected chi connectivity index (χ0v) is 6.00. The molecule has 0 aromatic heterocycles. The van der Waals surface area contributed by atoms with Crippen LogP contribution in [-0.2, 0) is 4.74 Å². The molecule has 0 bridgehead atoms. The third-order valence-corrected chi connectivity index (χ3v) is 0.968. The zero-order valence-electron chi connectivity index (χ0n) is 6.00. The Balaban J connectivity index is 3.41. The lowest BCUT2D eigenvalue weighted by atomic mass is 10.3. The van der Waals surface area contributed by atoms with Crippen LogP contribution < -0.4 is 0 Å². The highest BCUT2D eigenvalue weighted by atomic mass is 16.5. The van der Waals surface area contributed by atoms with Crippen molar-refractivity contribution in [3.63, 3.8) is 0 Å². The summed E-state index contributed by atoms with van der Waals surface area (Å²) in [6.07, 6.45) is 3.60. The molecular weight excluding hydrogens is 116 g/mol. The summed E-state index contributed by atoms with van der Waals surface area (Å²) in [6, 6.07) is 0. The topological polar surface area (TPSA) is 29.5 Å². The van der Waals surface area contributed by atoms with Gasteiger partial charge in [-0.2, -0.15) is 0 Å². The Morgan fingerprint density at radius 1 is 1.67 bits per heavy atom. The van der Waals surface area contributed by atoms with Gasteiger partial charge in [-0.1, -0.05) is 12.2 Å². The summed E-state index contributed by atoms with van der Waals surface area (Å²) in [5.41, 5.74) is 0. The molecule has 0 aliphatic heterocycles. The second kappa shape index (κ2) is 5.79. The SMILES string of the molecule is CC=CC(CO)OCC. The van der Waals surface area contributed by atoms with Crippen molar-refractivity contribution in [3.8, 4) is 0 Å². The number of ether oxygens (including phenoxy) is 1. The molecule has 2 heteroatoms. The normalized spacial score (nSPS) is 14.6. The van der Waals surface area contributed by atoms with Gasteiger partial charge in [0.25, 0.3) is 0 Å². The molecule has 54 valence electrons. The van der Waals surface area contributed by atoms with Gasteiger partial charge in [0.15, 0.2) is 0 Å². The van der Waals surface area contributed by atoms with Crippen molar-refractivity contribution >= 4 is 0 Å². The number of allylic oxidation sites excluding steroid dienone is 1. The molecule has 0 aliphatic rings. The van der Waals surface area contributed by atoms with Crippen molar-refractivity contribution in [2.75, 3.05) is 13.2 Å². The summed E-state index contributed by atoms with van der Waals surface area (Å²) in [7, 11) is 0. The standard InChI is InChI=1S/C7H14O2/c1-3-5-7(6-8)9-4-2/h3,5,7-8H,4,6H2,1-2H3. The minimum atomic E-state index is -0.111. The number of hydrogen-bond donors (Lipinski definition) is 1. The average molecular weight is 130 g/mol. The van der Waals surface area contributed by atoms with Crippen molar-refractivity contribution in [3.05, 3.63) is 12.2 Å². The third kappa shape index (κ3) is 4.18. The Kier molecular flexibility index (Phi) is 5.57. The Labute approximate surface area is 56.1 Å². The smallest absolute Gasteiger partial charge is 0.0986 e. The van der Waals surface area contributed by atoms with Gasteiger partial charge >= 0.3 is 0 Å². The molecule has 1 unspecified atom stereocenters. The predicted octanol–water partition coefficient (Wildman–Crippen LogP) is 0.960. The van der Waals surface area contributed by atoms with E-state index >= 15 is 0 Å². The second-order valence-electron chi connectivity index (χ2n) is 1.70. The lowest BCUT2D eigenvalue weighted by Gasteiger charge is -2.07. The molecule has 2 nitrogen and oxygen atoms in total. The van der Waals surface area contributed by atoms with E-state index < -0.39 is 0 Å². The predicted molar refractivity (Wildman–Crippen MR) is 37.3 cm³/mol. The van der Waals surface area contributed by atoms with E-state index in [0.29, 0.717) is 6.61 Å². The first-order valence-electron chi connectivity index (χ1n) is 3.20. The third-order valence-electron chi connectivity index (χ3n) is 0.968. The van der Waals surface area contributed by atoms with Gasteiger partial charge in [-0.3, -0.25) is 0 Å². The molecular formula is C7H14O2. The maximum absolute atomic E-state index is 8.61. The Hall–Kier alpha value is -0.340. The molecule has 0 radical (unpaired) electrons. The van der Waals surface area contributed by atoms with Crippen molar-refractivity contribution in [2.45, 2.75) is 20.0 Å². The van der Waals surface area contributed by atoms with Gasteiger partial charge in [-0.05, 0) is 13.8 Å². The van der Waals surface area contributed by atoms with Crippen molar-refractivity contribution in [1.82, 2.24) is 0 Å². The molecule has 0 saturated carbocycles. The van der Waals surface area contributed by atoms with E-state index in [2.05, 4.69) is 0 Å². The largest absolute Gasteiger partial charge is 0.393 e. The molecule has 0 rings (SSSR count). The molecule has 0 amide bonds. The first-order chi connectivity index (χ1) is 4.35. The van der Waals surface area contributed by atoms with Gasteiger partial charge in [0, 0.05) is 6.61 Å². The van der Waals surface area contributed by atoms with Crippen LogP contribution in [0.1, 0.15) is 13.8 Å². The monoisotopic (exact) mass is 130 g/mol. The summed E-state index contributed by atoms with van der Waals surface area (Å²) in [5, 5.41) is 8.61. The average Bonchev–Trinajstić information content (AvgIpc) is 1.88. The first kappa shape index (κ1) is 8.66. The van der Waals surface area contributed by atoms with E-state index in [1.165, 1.54) is 0 Å². The van der Waals surface area contributed by atoms with E-state index in [9.17, 15) is 0 Å². The van der Waals surface area contributed by atoms with Crippen LogP contribution in [0.25, 0.3) is 0 Å². The molecule has 0 aliphatic carbocycles. The number of rotatable bonds is 4. The molecule has 0 aromatic carbocycles. The van der Waals surface area contributed by atoms with Crippen LogP contribution in [0.2, 0.25) is 0 Å². The molecule has 0 spiro atoms. The van der Waals surface area contributed by atoms with Crippen LogP contribution in [0.15, 0.2) is 12.2 Å². The molecule has 1 atom stereocenters. The Bertz CT molecular complexity index is 79.0. The maximum Gasteiger partial charge on any atom is 0.0986 e. The van der Waals surface area contributed by atoms with Crippen molar-refractivity contribution in [2.24, 2.45) is 0 Å². The highest BCUT2D eigenvalue weighted by molar-refractivity contribution is 4.85. The van der Waals surface area contributed by atoms with E-state index in [4.69, 9.17) is 9.84 Å². The number of hydrogen-bond acceptors (Lipinski definition) is 2. The van der Waals surface area contributed by atoms with E-state index in [0.717, 1.165) is 0 Å². The van der Waals surface area contributed by atoms with E-state index in [1.807, 2.05) is 26.0 Å². The van der Waals surface area contributed by atoms with Crippen LogP contribution in [-0.4, -0.2) is 24.4 Å². The van der Waals surface area contributed by atoms with Crippen LogP contribution in [0, 0.1) is 0 Å². The summed E-state index contributed by atoms with van der Waals surface area (Å²) in [4.78, 5) is 0. The van der Waals surface area contributed by atoms with E-state index in [-0.39, 0.29) is 12.7 Å². The van der Waals surface area contributed by atoms with Gasteiger partial charge in [0.1, 0.15) is 0 Å². The van der Waals surface area contributed by atoms with Crippen LogP contribution in [0.3, 0.4) is 0 Å². The van der Waals surface area contributed by atoms with Gasteiger partial charge in [-0.15, -0.1) is 0 Å². The minimum Gasteiger partial charge on any atom is -0.393 e. The van der Waals surface area contributed by atoms with Crippen LogP contribution in [0.4, 0.5) is 0 Å². The highest BCUT2D eigenvalue weighted by Gasteiger charge is 1.97. The van der Waals surface area contributed by atoms with Gasteiger partial charge in [0.2, 0.25) is 0 Å². The number of aliphatic hydroxyl groups is 1. The van der Waals surface area contributed by atoms with Crippen LogP contribution in [0.5, 0.6) is 0 Å². The second-order valence-corrected chi connectivity index (χ2v) is 1.70. The molecule has 9 heavy (non-hydrogen) atoms. The Morgan fingerprint density at radius 2 is 2.33 bits per heavy atom. The fraction of sp³-hybridized carbons (Fsp3) is 0.714. The zero-order chi connectivity index (χ0) is 7.11. The highest BCUT2D eigenvalue weighted by Crippen LogP contribution is 1.91. The summed E-state index contributed by atoms with van der Waals surface area (Å²) in [5.74, 6) is 0. The molecule has 0 aromatic rings. The summed E-state index contributed by atoms with van der Waals surface area (Å²) < 4.78 is 5.09. The number of aliphatic hydroxyl groups excluding tert-OH is 1.